The van der Waals surface area contributed by atoms with Crippen LogP contribution in [-0.4, -0.2) is 9.97 Å². The normalized spacial score (nSPS) is 11.1. The number of hydrogen-bond acceptors (Lipinski definition) is 4. The van der Waals surface area contributed by atoms with Gasteiger partial charge in [-0.25, -0.2) is 0 Å². The average molecular weight is 746 g/mol. The third-order valence-electron chi connectivity index (χ3n) is 9.56. The highest BCUT2D eigenvalue weighted by Gasteiger charge is 2.19. The van der Waals surface area contributed by atoms with Crippen LogP contribution in [0.5, 0.6) is 0 Å². The number of hydrogen-bond donors (Lipinski definition) is 0. The molecule has 0 N–H and O–H groups in total. The highest BCUT2D eigenvalue weighted by atomic mass is 79.9. The number of fused-ring (bicyclic) bond motifs is 2. The van der Waals surface area contributed by atoms with E-state index in [1.807, 2.05) is 24.5 Å². The molecule has 4 nitrogen and oxygen atoms in total. The molecule has 0 unspecified atom stereocenters. The maximum atomic E-state index is 5.03. The van der Waals surface area contributed by atoms with Crippen LogP contribution in [0.15, 0.2) is 205 Å². The topological polar surface area (TPSA) is 32.3 Å². The maximum Gasteiger partial charge on any atom is 0.0709 e. The van der Waals surface area contributed by atoms with Crippen LogP contribution >= 0.6 is 15.9 Å². The minimum Gasteiger partial charge on any atom is -0.309 e. The zero-order valence-electron chi connectivity index (χ0n) is 28.7. The van der Waals surface area contributed by atoms with Gasteiger partial charge in [-0.15, -0.1) is 0 Å². The quantitative estimate of drug-likeness (QED) is 0.155. The van der Waals surface area contributed by atoms with E-state index in [0.29, 0.717) is 0 Å². The molecule has 0 saturated heterocycles. The Morgan fingerprint density at radius 2 is 0.755 bits per heavy atom. The lowest BCUT2D eigenvalue weighted by molar-refractivity contribution is 1.21. The number of benzene rings is 7. The van der Waals surface area contributed by atoms with Crippen molar-refractivity contribution in [3.63, 3.8) is 0 Å². The SMILES string of the molecule is Brc1cc(N(c2ccccc2)c2ccc(-c3cccc4ccccc34)nc2)cc(N(c2ccccc2)c2ccc(-c3cccc4ccccc34)nc2)c1. The Balaban J connectivity index is 1.14. The molecule has 0 amide bonds. The summed E-state index contributed by atoms with van der Waals surface area (Å²) in [6.45, 7) is 0. The zero-order valence-corrected chi connectivity index (χ0v) is 30.3. The highest BCUT2D eigenvalue weighted by Crippen LogP contribution is 2.42. The Hall–Kier alpha value is -6.56. The molecule has 7 aromatic carbocycles. The third kappa shape index (κ3) is 6.43. The first kappa shape index (κ1) is 32.4. The largest absolute Gasteiger partial charge is 0.309 e. The van der Waals surface area contributed by atoms with Gasteiger partial charge < -0.3 is 9.80 Å². The number of anilines is 6. The minimum atomic E-state index is 0.934. The van der Waals surface area contributed by atoms with Crippen LogP contribution < -0.4 is 9.80 Å². The van der Waals surface area contributed by atoms with Crippen molar-refractivity contribution in [3.8, 4) is 22.5 Å². The molecule has 0 aliphatic heterocycles. The summed E-state index contributed by atoms with van der Waals surface area (Å²) >= 11 is 3.89. The van der Waals surface area contributed by atoms with E-state index in [2.05, 4.69) is 202 Å². The van der Waals surface area contributed by atoms with Gasteiger partial charge in [0.15, 0.2) is 0 Å². The van der Waals surface area contributed by atoms with Crippen molar-refractivity contribution in [3.05, 3.63) is 205 Å². The molecular formula is C48H33BrN4. The Morgan fingerprint density at radius 3 is 1.19 bits per heavy atom. The van der Waals surface area contributed by atoms with Crippen molar-refractivity contribution < 1.29 is 0 Å². The number of rotatable bonds is 8. The number of nitrogens with zero attached hydrogens (tertiary/aromatic N) is 4. The van der Waals surface area contributed by atoms with Gasteiger partial charge in [0, 0.05) is 38.3 Å². The van der Waals surface area contributed by atoms with Crippen LogP contribution in [0.2, 0.25) is 0 Å². The van der Waals surface area contributed by atoms with E-state index in [0.717, 1.165) is 61.1 Å². The third-order valence-corrected chi connectivity index (χ3v) is 10.0. The molecule has 5 heteroatoms. The van der Waals surface area contributed by atoms with Crippen molar-refractivity contribution in [2.45, 2.75) is 0 Å². The van der Waals surface area contributed by atoms with Gasteiger partial charge >= 0.3 is 0 Å². The van der Waals surface area contributed by atoms with E-state index >= 15 is 0 Å². The van der Waals surface area contributed by atoms with Gasteiger partial charge in [0.1, 0.15) is 0 Å². The number of pyridine rings is 2. The molecule has 0 saturated carbocycles. The number of halogens is 1. The summed E-state index contributed by atoms with van der Waals surface area (Å²) in [7, 11) is 0. The second-order valence-corrected chi connectivity index (χ2v) is 13.8. The first-order chi connectivity index (χ1) is 26.2. The molecule has 9 rings (SSSR count). The van der Waals surface area contributed by atoms with Crippen molar-refractivity contribution >= 4 is 71.6 Å². The van der Waals surface area contributed by atoms with E-state index in [1.165, 1.54) is 21.5 Å². The minimum absolute atomic E-state index is 0.934. The van der Waals surface area contributed by atoms with Crippen molar-refractivity contribution in [1.82, 2.24) is 9.97 Å². The molecule has 0 fully saturated rings. The van der Waals surface area contributed by atoms with Crippen LogP contribution in [0.25, 0.3) is 44.1 Å². The molecule has 0 aliphatic carbocycles. The summed E-state index contributed by atoms with van der Waals surface area (Å²) in [5.74, 6) is 0. The predicted molar refractivity (Wildman–Crippen MR) is 225 cm³/mol. The van der Waals surface area contributed by atoms with Crippen LogP contribution in [0.3, 0.4) is 0 Å². The van der Waals surface area contributed by atoms with Gasteiger partial charge in [0.25, 0.3) is 0 Å². The van der Waals surface area contributed by atoms with Crippen LogP contribution in [0, 0.1) is 0 Å². The molecule has 53 heavy (non-hydrogen) atoms. The second kappa shape index (κ2) is 14.2. The first-order valence-corrected chi connectivity index (χ1v) is 18.4. The van der Waals surface area contributed by atoms with Crippen LogP contribution in [-0.2, 0) is 0 Å². The maximum absolute atomic E-state index is 5.03. The van der Waals surface area contributed by atoms with E-state index in [1.54, 1.807) is 0 Å². The standard InChI is InChI=1S/C48H33BrN4/c49-36-29-41(52(37-17-3-1-4-18-37)39-25-27-47(50-32-39)45-23-11-15-34-13-7-9-21-43(34)45)31-42(30-36)53(38-19-5-2-6-20-38)40-26-28-48(51-33-40)46-24-12-16-35-14-8-10-22-44(35)46/h1-33H. The fourth-order valence-electron chi connectivity index (χ4n) is 7.12. The van der Waals surface area contributed by atoms with E-state index in [4.69, 9.17) is 9.97 Å². The Morgan fingerprint density at radius 1 is 0.340 bits per heavy atom. The summed E-state index contributed by atoms with van der Waals surface area (Å²) in [6, 6.07) is 65.6. The number of para-hydroxylation sites is 2. The monoisotopic (exact) mass is 744 g/mol. The molecule has 2 aromatic heterocycles. The molecule has 0 aliphatic rings. The van der Waals surface area contributed by atoms with Gasteiger partial charge in [-0.1, -0.05) is 137 Å². The van der Waals surface area contributed by atoms with Gasteiger partial charge in [-0.2, -0.15) is 0 Å². The number of aromatic nitrogens is 2. The van der Waals surface area contributed by atoms with Crippen molar-refractivity contribution in [2.75, 3.05) is 9.80 Å². The molecule has 252 valence electrons. The Bertz CT molecular complexity index is 2480. The van der Waals surface area contributed by atoms with Gasteiger partial charge in [0.2, 0.25) is 0 Å². The summed E-state index contributed by atoms with van der Waals surface area (Å²) in [5, 5.41) is 4.77. The van der Waals surface area contributed by atoms with Crippen LogP contribution in [0.1, 0.15) is 0 Å². The average Bonchev–Trinajstić information content (AvgIpc) is 3.22. The lowest BCUT2D eigenvalue weighted by Crippen LogP contribution is -2.13. The van der Waals surface area contributed by atoms with Crippen LogP contribution in [0.4, 0.5) is 34.1 Å². The van der Waals surface area contributed by atoms with Gasteiger partial charge in [0.05, 0.1) is 35.2 Å². The molecule has 0 spiro atoms. The van der Waals surface area contributed by atoms with E-state index < -0.39 is 0 Å². The first-order valence-electron chi connectivity index (χ1n) is 17.6. The summed E-state index contributed by atoms with van der Waals surface area (Å²) in [5.41, 5.74) is 10.0. The molecule has 2 heterocycles. The Labute approximate surface area is 317 Å². The summed E-state index contributed by atoms with van der Waals surface area (Å²) in [6.07, 6.45) is 3.94. The molecule has 0 radical (unpaired) electrons. The smallest absolute Gasteiger partial charge is 0.0709 e. The van der Waals surface area contributed by atoms with Crippen molar-refractivity contribution in [1.29, 1.82) is 0 Å². The fourth-order valence-corrected chi connectivity index (χ4v) is 7.59. The molecular weight excluding hydrogens is 712 g/mol. The molecule has 0 bridgehead atoms. The Kier molecular flexibility index (Phi) is 8.68. The summed E-state index contributed by atoms with van der Waals surface area (Å²) in [4.78, 5) is 14.6. The van der Waals surface area contributed by atoms with Gasteiger partial charge in [-0.3, -0.25) is 9.97 Å². The van der Waals surface area contributed by atoms with E-state index in [-0.39, 0.29) is 0 Å². The van der Waals surface area contributed by atoms with Gasteiger partial charge in [-0.05, 0) is 88.3 Å². The second-order valence-electron chi connectivity index (χ2n) is 12.9. The lowest BCUT2D eigenvalue weighted by Gasteiger charge is -2.29. The lowest BCUT2D eigenvalue weighted by atomic mass is 10.0. The van der Waals surface area contributed by atoms with E-state index in [9.17, 15) is 0 Å². The van der Waals surface area contributed by atoms with Crippen molar-refractivity contribution in [2.24, 2.45) is 0 Å². The predicted octanol–water partition coefficient (Wildman–Crippen LogP) is 13.8. The zero-order chi connectivity index (χ0) is 35.6. The highest BCUT2D eigenvalue weighted by molar-refractivity contribution is 9.10. The molecule has 9 aromatic rings. The summed E-state index contributed by atoms with van der Waals surface area (Å²) < 4.78 is 0.951. The fraction of sp³-hybridized carbons (Fsp3) is 0. The molecule has 0 atom stereocenters.